The summed E-state index contributed by atoms with van der Waals surface area (Å²) in [4.78, 5) is 4.55. The highest BCUT2D eigenvalue weighted by Gasteiger charge is 2.22. The van der Waals surface area contributed by atoms with Crippen LogP contribution in [0.3, 0.4) is 0 Å². The Morgan fingerprint density at radius 3 is 2.53 bits per heavy atom. The standard InChI is InChI=1S/C13H19N3O3/c1-17-10-4-3-5-11(18-2)12(10)15-13(16-14)9-6-7-19-8-9/h3-5,9H,6-8,14H2,1-2H3,(H,15,16)/t9-/m1/s1. The largest absolute Gasteiger partial charge is 0.494 e. The molecule has 0 saturated carbocycles. The second kappa shape index (κ2) is 6.40. The number of methoxy groups -OCH3 is 2. The maximum absolute atomic E-state index is 5.57. The van der Waals surface area contributed by atoms with Crippen LogP contribution in [0.4, 0.5) is 5.69 Å². The molecule has 1 atom stereocenters. The molecule has 1 aromatic carbocycles. The van der Waals surface area contributed by atoms with E-state index in [1.54, 1.807) is 14.2 Å². The van der Waals surface area contributed by atoms with Crippen LogP contribution in [0.25, 0.3) is 0 Å². The monoisotopic (exact) mass is 265 g/mol. The fourth-order valence-corrected chi connectivity index (χ4v) is 2.05. The van der Waals surface area contributed by atoms with E-state index in [1.165, 1.54) is 0 Å². The normalized spacial score (nSPS) is 19.3. The predicted molar refractivity (Wildman–Crippen MR) is 72.9 cm³/mol. The lowest BCUT2D eigenvalue weighted by Gasteiger charge is -2.14. The second-order valence-electron chi connectivity index (χ2n) is 4.21. The van der Waals surface area contributed by atoms with Crippen molar-refractivity contribution in [3.05, 3.63) is 18.2 Å². The molecule has 0 aromatic heterocycles. The van der Waals surface area contributed by atoms with Crippen molar-refractivity contribution in [3.63, 3.8) is 0 Å². The van der Waals surface area contributed by atoms with E-state index in [1.807, 2.05) is 18.2 Å². The highest BCUT2D eigenvalue weighted by Crippen LogP contribution is 2.37. The van der Waals surface area contributed by atoms with Crippen LogP contribution < -0.4 is 20.7 Å². The molecule has 1 fully saturated rings. The van der Waals surface area contributed by atoms with Crippen LogP contribution >= 0.6 is 0 Å². The molecule has 2 rings (SSSR count). The number of hydrogen-bond donors (Lipinski definition) is 2. The number of nitrogens with one attached hydrogen (secondary N) is 1. The van der Waals surface area contributed by atoms with E-state index in [4.69, 9.17) is 20.1 Å². The van der Waals surface area contributed by atoms with Crippen LogP contribution in [0.15, 0.2) is 23.2 Å². The van der Waals surface area contributed by atoms with Crippen molar-refractivity contribution in [2.24, 2.45) is 16.8 Å². The summed E-state index contributed by atoms with van der Waals surface area (Å²) in [6.45, 7) is 1.36. The maximum Gasteiger partial charge on any atom is 0.149 e. The van der Waals surface area contributed by atoms with Crippen molar-refractivity contribution in [3.8, 4) is 11.5 Å². The molecule has 19 heavy (non-hydrogen) atoms. The predicted octanol–water partition coefficient (Wildman–Crippen LogP) is 1.23. The van der Waals surface area contributed by atoms with Crippen molar-refractivity contribution in [1.82, 2.24) is 5.43 Å². The van der Waals surface area contributed by atoms with E-state index in [9.17, 15) is 0 Å². The van der Waals surface area contributed by atoms with Crippen LogP contribution in [0, 0.1) is 5.92 Å². The number of ether oxygens (including phenoxy) is 3. The third-order valence-corrected chi connectivity index (χ3v) is 3.10. The zero-order valence-electron chi connectivity index (χ0n) is 11.2. The summed E-state index contributed by atoms with van der Waals surface area (Å²) in [7, 11) is 3.20. The molecule has 0 amide bonds. The van der Waals surface area contributed by atoms with E-state index in [0.717, 1.165) is 13.0 Å². The van der Waals surface area contributed by atoms with Crippen LogP contribution in [0.5, 0.6) is 11.5 Å². The molecule has 1 heterocycles. The van der Waals surface area contributed by atoms with Gasteiger partial charge in [0.25, 0.3) is 0 Å². The summed E-state index contributed by atoms with van der Waals surface area (Å²) in [5.74, 6) is 7.72. The molecule has 1 saturated heterocycles. The highest BCUT2D eigenvalue weighted by molar-refractivity contribution is 5.88. The van der Waals surface area contributed by atoms with Crippen molar-refractivity contribution in [2.45, 2.75) is 6.42 Å². The summed E-state index contributed by atoms with van der Waals surface area (Å²) in [6, 6.07) is 5.52. The van der Waals surface area contributed by atoms with Crippen molar-refractivity contribution >= 4 is 11.5 Å². The minimum absolute atomic E-state index is 0.180. The average Bonchev–Trinajstić information content (AvgIpc) is 2.98. The van der Waals surface area contributed by atoms with Crippen molar-refractivity contribution in [2.75, 3.05) is 27.4 Å². The molecular weight excluding hydrogens is 246 g/mol. The van der Waals surface area contributed by atoms with Crippen LogP contribution in [0.1, 0.15) is 6.42 Å². The van der Waals surface area contributed by atoms with Crippen molar-refractivity contribution in [1.29, 1.82) is 0 Å². The van der Waals surface area contributed by atoms with E-state index in [2.05, 4.69) is 10.4 Å². The quantitative estimate of drug-likeness (QED) is 0.370. The molecule has 0 radical (unpaired) electrons. The van der Waals surface area contributed by atoms with Gasteiger partial charge in [0.15, 0.2) is 0 Å². The molecule has 0 unspecified atom stereocenters. The lowest BCUT2D eigenvalue weighted by molar-refractivity contribution is 0.193. The fourth-order valence-electron chi connectivity index (χ4n) is 2.05. The van der Waals surface area contributed by atoms with E-state index in [-0.39, 0.29) is 5.92 Å². The van der Waals surface area contributed by atoms with Gasteiger partial charge in [-0.3, -0.25) is 0 Å². The summed E-state index contributed by atoms with van der Waals surface area (Å²) < 4.78 is 16.0. The van der Waals surface area contributed by atoms with E-state index < -0.39 is 0 Å². The topological polar surface area (TPSA) is 78.1 Å². The Bertz CT molecular complexity index is 434. The van der Waals surface area contributed by atoms with Crippen LogP contribution in [-0.2, 0) is 4.74 Å². The first-order valence-corrected chi connectivity index (χ1v) is 6.14. The second-order valence-corrected chi connectivity index (χ2v) is 4.21. The number of rotatable bonds is 4. The number of benzene rings is 1. The number of nitrogens with zero attached hydrogens (tertiary/aromatic N) is 1. The Morgan fingerprint density at radius 1 is 1.37 bits per heavy atom. The first kappa shape index (κ1) is 13.6. The number of amidine groups is 1. The summed E-state index contributed by atoms with van der Waals surface area (Å²) >= 11 is 0. The van der Waals surface area contributed by atoms with Gasteiger partial charge in [0.2, 0.25) is 0 Å². The molecule has 6 nitrogen and oxygen atoms in total. The van der Waals surface area contributed by atoms with Crippen molar-refractivity contribution < 1.29 is 14.2 Å². The first-order chi connectivity index (χ1) is 9.30. The number of hydrogen-bond acceptors (Lipinski definition) is 5. The third kappa shape index (κ3) is 2.97. The Kier molecular flexibility index (Phi) is 4.59. The molecule has 1 aliphatic rings. The summed E-state index contributed by atoms with van der Waals surface area (Å²) in [6.07, 6.45) is 0.903. The van der Waals surface area contributed by atoms with E-state index in [0.29, 0.717) is 29.6 Å². The number of para-hydroxylation sites is 1. The van der Waals surface area contributed by atoms with Gasteiger partial charge in [-0.25, -0.2) is 10.8 Å². The van der Waals surface area contributed by atoms with Gasteiger partial charge in [-0.1, -0.05) is 6.07 Å². The van der Waals surface area contributed by atoms with Gasteiger partial charge >= 0.3 is 0 Å². The molecule has 104 valence electrons. The fraction of sp³-hybridized carbons (Fsp3) is 0.462. The molecule has 1 aromatic rings. The highest BCUT2D eigenvalue weighted by atomic mass is 16.5. The molecule has 0 aliphatic carbocycles. The van der Waals surface area contributed by atoms with Gasteiger partial charge in [-0.15, -0.1) is 0 Å². The van der Waals surface area contributed by atoms with Gasteiger partial charge in [-0.2, -0.15) is 0 Å². The van der Waals surface area contributed by atoms with Gasteiger partial charge < -0.3 is 19.6 Å². The van der Waals surface area contributed by atoms with E-state index >= 15 is 0 Å². The molecular formula is C13H19N3O3. The third-order valence-electron chi connectivity index (χ3n) is 3.10. The lowest BCUT2D eigenvalue weighted by atomic mass is 10.1. The summed E-state index contributed by atoms with van der Waals surface area (Å²) in [5, 5.41) is 0. The number of nitrogens with two attached hydrogens (primary N) is 1. The molecule has 0 spiro atoms. The Labute approximate surface area is 112 Å². The first-order valence-electron chi connectivity index (χ1n) is 6.14. The SMILES string of the molecule is COc1cccc(OC)c1N=C(NN)[C@@H]1CCOC1. The molecule has 1 aliphatic heterocycles. The number of hydrazine groups is 1. The average molecular weight is 265 g/mol. The number of aliphatic imine (C=N–C) groups is 1. The maximum atomic E-state index is 5.57. The van der Waals surface area contributed by atoms with Gasteiger partial charge in [0.1, 0.15) is 23.0 Å². The zero-order chi connectivity index (χ0) is 13.7. The Hall–Kier alpha value is -1.79. The van der Waals surface area contributed by atoms with Crippen LogP contribution in [0.2, 0.25) is 0 Å². The molecule has 0 bridgehead atoms. The van der Waals surface area contributed by atoms with Gasteiger partial charge in [-0.05, 0) is 18.6 Å². The minimum Gasteiger partial charge on any atom is -0.494 e. The Morgan fingerprint density at radius 2 is 2.05 bits per heavy atom. The van der Waals surface area contributed by atoms with Gasteiger partial charge in [0.05, 0.1) is 20.8 Å². The van der Waals surface area contributed by atoms with Crippen LogP contribution in [-0.4, -0.2) is 33.3 Å². The Balaban J connectivity index is 2.38. The molecule has 6 heteroatoms. The summed E-state index contributed by atoms with van der Waals surface area (Å²) in [5.41, 5.74) is 3.29. The lowest BCUT2D eigenvalue weighted by Crippen LogP contribution is -2.36. The van der Waals surface area contributed by atoms with Gasteiger partial charge in [0, 0.05) is 12.5 Å². The molecule has 3 N–H and O–H groups in total. The smallest absolute Gasteiger partial charge is 0.149 e. The zero-order valence-corrected chi connectivity index (χ0v) is 11.2. The minimum atomic E-state index is 0.180.